The fraction of sp³-hybridized carbons (Fsp3) is 0.0625. The summed E-state index contributed by atoms with van der Waals surface area (Å²) in [5, 5.41) is 21.2. The first-order valence-corrected chi connectivity index (χ1v) is 8.86. The van der Waals surface area contributed by atoms with Gasteiger partial charge >= 0.3 is 0 Å². The van der Waals surface area contributed by atoms with Gasteiger partial charge in [-0.3, -0.25) is 9.78 Å². The molecule has 4 aromatic rings. The molecule has 4 rings (SSSR count). The number of thiophene rings is 1. The number of hydrazone groups is 1. The molecule has 12 heteroatoms. The summed E-state index contributed by atoms with van der Waals surface area (Å²) in [5.74, 6) is -0.363. The Morgan fingerprint density at radius 3 is 2.89 bits per heavy atom. The Balaban J connectivity index is 1.69. The zero-order chi connectivity index (χ0) is 19.5. The van der Waals surface area contributed by atoms with E-state index in [2.05, 4.69) is 40.8 Å². The van der Waals surface area contributed by atoms with Gasteiger partial charge in [0.2, 0.25) is 11.6 Å². The van der Waals surface area contributed by atoms with Crippen LogP contribution < -0.4 is 11.2 Å². The molecule has 3 N–H and O–H groups in total. The molecule has 0 unspecified atom stereocenters. The molecule has 11 nitrogen and oxygen atoms in total. The van der Waals surface area contributed by atoms with E-state index in [-0.39, 0.29) is 17.3 Å². The molecule has 28 heavy (non-hydrogen) atoms. The van der Waals surface area contributed by atoms with Crippen LogP contribution in [0.2, 0.25) is 0 Å². The summed E-state index contributed by atoms with van der Waals surface area (Å²) in [7, 11) is 0. The average Bonchev–Trinajstić information content (AvgIpc) is 3.46. The Morgan fingerprint density at radius 1 is 1.32 bits per heavy atom. The van der Waals surface area contributed by atoms with Crippen LogP contribution in [-0.4, -0.2) is 41.9 Å². The fourth-order valence-electron chi connectivity index (χ4n) is 2.38. The first-order valence-electron chi connectivity index (χ1n) is 7.98. The molecular formula is C16H13N9O2S. The SMILES string of the molecule is C/C(=N/NC(=O)c1nnn(-c2nonc2N)c1-c1cccs1)c1cccnc1. The van der Waals surface area contributed by atoms with Crippen molar-refractivity contribution in [3.63, 3.8) is 0 Å². The number of carbonyl (C=O) groups excluding carboxylic acids is 1. The van der Waals surface area contributed by atoms with Crippen molar-refractivity contribution in [1.82, 2.24) is 35.7 Å². The molecule has 0 aliphatic heterocycles. The lowest BCUT2D eigenvalue weighted by molar-refractivity contribution is 0.0950. The van der Waals surface area contributed by atoms with Gasteiger partial charge in [0, 0.05) is 18.0 Å². The molecule has 0 saturated heterocycles. The molecule has 0 bridgehead atoms. The third-order valence-electron chi connectivity index (χ3n) is 3.74. The number of anilines is 1. The highest BCUT2D eigenvalue weighted by Gasteiger charge is 2.25. The molecule has 4 aromatic heterocycles. The number of nitrogens with two attached hydrogens (primary N) is 1. The summed E-state index contributed by atoms with van der Waals surface area (Å²) in [6, 6.07) is 7.29. The van der Waals surface area contributed by atoms with Crippen LogP contribution in [0, 0.1) is 0 Å². The van der Waals surface area contributed by atoms with E-state index in [9.17, 15) is 4.79 Å². The maximum atomic E-state index is 12.7. The Kier molecular flexibility index (Phi) is 4.60. The molecule has 4 heterocycles. The van der Waals surface area contributed by atoms with Crippen molar-refractivity contribution in [2.75, 3.05) is 5.73 Å². The highest BCUT2D eigenvalue weighted by molar-refractivity contribution is 7.13. The topological polar surface area (TPSA) is 150 Å². The lowest BCUT2D eigenvalue weighted by atomic mass is 10.2. The van der Waals surface area contributed by atoms with Gasteiger partial charge in [-0.1, -0.05) is 17.3 Å². The van der Waals surface area contributed by atoms with Gasteiger partial charge in [0.25, 0.3) is 5.91 Å². The lowest BCUT2D eigenvalue weighted by Gasteiger charge is -2.04. The quantitative estimate of drug-likeness (QED) is 0.381. The second-order valence-electron chi connectivity index (χ2n) is 5.53. The predicted molar refractivity (Wildman–Crippen MR) is 101 cm³/mol. The molecule has 0 aliphatic rings. The van der Waals surface area contributed by atoms with E-state index in [1.54, 1.807) is 25.4 Å². The van der Waals surface area contributed by atoms with Crippen molar-refractivity contribution in [1.29, 1.82) is 0 Å². The molecule has 0 atom stereocenters. The molecule has 1 amide bonds. The van der Waals surface area contributed by atoms with Gasteiger partial charge in [-0.25, -0.2) is 10.1 Å². The van der Waals surface area contributed by atoms with Crippen molar-refractivity contribution in [3.05, 3.63) is 53.3 Å². The monoisotopic (exact) mass is 395 g/mol. The van der Waals surface area contributed by atoms with Crippen LogP contribution in [0.5, 0.6) is 0 Å². The van der Waals surface area contributed by atoms with Crippen LogP contribution in [0.15, 0.2) is 51.8 Å². The van der Waals surface area contributed by atoms with E-state index in [1.165, 1.54) is 16.0 Å². The second kappa shape index (κ2) is 7.36. The molecule has 0 spiro atoms. The molecular weight excluding hydrogens is 382 g/mol. The summed E-state index contributed by atoms with van der Waals surface area (Å²) >= 11 is 1.41. The van der Waals surface area contributed by atoms with Crippen LogP contribution >= 0.6 is 11.3 Å². The number of carbonyl (C=O) groups is 1. The number of nitrogen functional groups attached to an aromatic ring is 1. The van der Waals surface area contributed by atoms with Gasteiger partial charge in [-0.2, -0.15) is 9.78 Å². The van der Waals surface area contributed by atoms with Gasteiger partial charge in [0.05, 0.1) is 10.6 Å². The number of hydrogen-bond acceptors (Lipinski definition) is 10. The smallest absolute Gasteiger partial charge is 0.294 e. The normalized spacial score (nSPS) is 11.5. The Bertz CT molecular complexity index is 1130. The van der Waals surface area contributed by atoms with Gasteiger partial charge in [-0.05, 0) is 34.7 Å². The largest absolute Gasteiger partial charge is 0.378 e. The molecule has 0 fully saturated rings. The first kappa shape index (κ1) is 17.5. The van der Waals surface area contributed by atoms with Crippen molar-refractivity contribution in [2.45, 2.75) is 6.92 Å². The minimum Gasteiger partial charge on any atom is -0.378 e. The summed E-state index contributed by atoms with van der Waals surface area (Å²) in [4.78, 5) is 17.5. The summed E-state index contributed by atoms with van der Waals surface area (Å²) in [6.07, 6.45) is 3.31. The third kappa shape index (κ3) is 3.23. The summed E-state index contributed by atoms with van der Waals surface area (Å²) in [5.41, 5.74) is 10.1. The molecule has 0 radical (unpaired) electrons. The van der Waals surface area contributed by atoms with Gasteiger partial charge in [0.1, 0.15) is 5.69 Å². The molecule has 0 saturated carbocycles. The average molecular weight is 395 g/mol. The van der Waals surface area contributed by atoms with Crippen LogP contribution in [-0.2, 0) is 0 Å². The predicted octanol–water partition coefficient (Wildman–Crippen LogP) is 1.51. The van der Waals surface area contributed by atoms with Crippen LogP contribution in [0.4, 0.5) is 5.82 Å². The zero-order valence-corrected chi connectivity index (χ0v) is 15.3. The number of pyridine rings is 1. The Morgan fingerprint density at radius 2 is 2.21 bits per heavy atom. The van der Waals surface area contributed by atoms with E-state index in [4.69, 9.17) is 5.73 Å². The maximum Gasteiger partial charge on any atom is 0.294 e. The Labute approximate surface area is 161 Å². The van der Waals surface area contributed by atoms with Crippen LogP contribution in [0.1, 0.15) is 23.0 Å². The number of nitrogens with one attached hydrogen (secondary N) is 1. The van der Waals surface area contributed by atoms with E-state index in [0.717, 1.165) is 10.4 Å². The van der Waals surface area contributed by atoms with Crippen LogP contribution in [0.3, 0.4) is 0 Å². The fourth-order valence-corrected chi connectivity index (χ4v) is 3.14. The first-order chi connectivity index (χ1) is 13.6. The highest BCUT2D eigenvalue weighted by Crippen LogP contribution is 2.29. The molecule has 140 valence electrons. The molecule has 0 aromatic carbocycles. The van der Waals surface area contributed by atoms with Gasteiger partial charge in [-0.15, -0.1) is 16.4 Å². The number of rotatable bonds is 5. The van der Waals surface area contributed by atoms with Crippen molar-refractivity contribution >= 4 is 28.8 Å². The minimum absolute atomic E-state index is 0.0279. The second-order valence-corrected chi connectivity index (χ2v) is 6.48. The third-order valence-corrected chi connectivity index (χ3v) is 4.62. The highest BCUT2D eigenvalue weighted by atomic mass is 32.1. The van der Waals surface area contributed by atoms with Gasteiger partial charge < -0.3 is 5.73 Å². The minimum atomic E-state index is -0.534. The zero-order valence-electron chi connectivity index (χ0n) is 14.5. The van der Waals surface area contributed by atoms with Crippen LogP contribution in [0.25, 0.3) is 16.4 Å². The standard InChI is InChI=1S/C16H13N9O2S/c1-9(10-4-2-6-18-8-10)19-21-16(26)12-13(11-5-3-7-28-11)25(24-20-12)15-14(17)22-27-23-15/h2-8H,1H3,(H2,17,22)(H,21,26)/b19-9-. The van der Waals surface area contributed by atoms with E-state index < -0.39 is 5.91 Å². The van der Waals surface area contributed by atoms with Crippen molar-refractivity contribution in [2.24, 2.45) is 5.10 Å². The maximum absolute atomic E-state index is 12.7. The number of hydrogen-bond donors (Lipinski definition) is 2. The molecule has 0 aliphatic carbocycles. The lowest BCUT2D eigenvalue weighted by Crippen LogP contribution is -2.20. The van der Waals surface area contributed by atoms with E-state index >= 15 is 0 Å². The summed E-state index contributed by atoms with van der Waals surface area (Å²) in [6.45, 7) is 1.76. The van der Waals surface area contributed by atoms with Gasteiger partial charge in [0.15, 0.2) is 5.69 Å². The number of aromatic nitrogens is 6. The number of nitrogens with zero attached hydrogens (tertiary/aromatic N) is 7. The van der Waals surface area contributed by atoms with E-state index in [0.29, 0.717) is 11.4 Å². The summed E-state index contributed by atoms with van der Waals surface area (Å²) < 4.78 is 5.94. The van der Waals surface area contributed by atoms with Crippen molar-refractivity contribution in [3.8, 4) is 16.4 Å². The van der Waals surface area contributed by atoms with Crippen molar-refractivity contribution < 1.29 is 9.42 Å². The van der Waals surface area contributed by atoms with E-state index in [1.807, 2.05) is 23.6 Å². The number of amides is 1. The Hall–Kier alpha value is -3.93.